The summed E-state index contributed by atoms with van der Waals surface area (Å²) < 4.78 is 5.45. The van der Waals surface area contributed by atoms with Gasteiger partial charge in [-0.25, -0.2) is 0 Å². The highest BCUT2D eigenvalue weighted by atomic mass is 16.5. The Hall–Kier alpha value is -2.33. The van der Waals surface area contributed by atoms with E-state index in [2.05, 4.69) is 5.32 Å². The average molecular weight is 313 g/mol. The van der Waals surface area contributed by atoms with Crippen LogP contribution in [0.4, 0.5) is 0 Å². The van der Waals surface area contributed by atoms with Crippen molar-refractivity contribution in [3.05, 3.63) is 65.2 Å². The molecule has 1 amide bonds. The number of carbonyl (C=O) groups excluding carboxylic acids is 1. The number of nitrogens with one attached hydrogen (secondary N) is 1. The molecule has 0 radical (unpaired) electrons. The fraction of sp³-hybridized carbons (Fsp3) is 0.316. The van der Waals surface area contributed by atoms with E-state index < -0.39 is 5.60 Å². The zero-order valence-electron chi connectivity index (χ0n) is 13.8. The van der Waals surface area contributed by atoms with E-state index in [-0.39, 0.29) is 12.5 Å². The van der Waals surface area contributed by atoms with Gasteiger partial charge in [0.15, 0.2) is 6.61 Å². The molecular weight excluding hydrogens is 290 g/mol. The second-order valence-electron chi connectivity index (χ2n) is 6.13. The molecule has 23 heavy (non-hydrogen) atoms. The maximum absolute atomic E-state index is 11.8. The molecule has 2 aromatic rings. The molecule has 0 aliphatic carbocycles. The zero-order valence-corrected chi connectivity index (χ0v) is 13.8. The molecule has 2 aromatic carbocycles. The summed E-state index contributed by atoms with van der Waals surface area (Å²) in [5.41, 5.74) is 2.16. The van der Waals surface area contributed by atoms with Crippen molar-refractivity contribution >= 4 is 5.91 Å². The van der Waals surface area contributed by atoms with Crippen molar-refractivity contribution in [3.63, 3.8) is 0 Å². The molecule has 2 N–H and O–H groups in total. The van der Waals surface area contributed by atoms with Crippen molar-refractivity contribution in [2.24, 2.45) is 0 Å². The molecular formula is C19H23NO3. The van der Waals surface area contributed by atoms with Crippen LogP contribution in [-0.4, -0.2) is 17.6 Å². The quantitative estimate of drug-likeness (QED) is 0.862. The Balaban J connectivity index is 1.79. The number of hydrogen-bond donors (Lipinski definition) is 2. The number of rotatable bonds is 6. The maximum atomic E-state index is 11.8. The van der Waals surface area contributed by atoms with Gasteiger partial charge in [0.1, 0.15) is 5.75 Å². The van der Waals surface area contributed by atoms with Crippen molar-refractivity contribution in [1.29, 1.82) is 0 Å². The van der Waals surface area contributed by atoms with Crippen molar-refractivity contribution in [1.82, 2.24) is 5.32 Å². The van der Waals surface area contributed by atoms with E-state index in [9.17, 15) is 9.90 Å². The van der Waals surface area contributed by atoms with Crippen LogP contribution >= 0.6 is 0 Å². The minimum absolute atomic E-state index is 0.0340. The summed E-state index contributed by atoms with van der Waals surface area (Å²) in [6, 6.07) is 15.1. The summed E-state index contributed by atoms with van der Waals surface area (Å²) in [5, 5.41) is 12.7. The van der Waals surface area contributed by atoms with E-state index in [1.54, 1.807) is 38.1 Å². The number of hydrogen-bond acceptors (Lipinski definition) is 3. The molecule has 4 heteroatoms. The van der Waals surface area contributed by atoms with Crippen molar-refractivity contribution in [3.8, 4) is 5.75 Å². The van der Waals surface area contributed by atoms with Crippen LogP contribution in [-0.2, 0) is 16.9 Å². The number of ether oxygens (including phenoxy) is 1. The summed E-state index contributed by atoms with van der Waals surface area (Å²) in [6.45, 7) is 5.93. The molecule has 0 saturated heterocycles. The molecule has 0 spiro atoms. The third kappa shape index (κ3) is 5.42. The summed E-state index contributed by atoms with van der Waals surface area (Å²) in [5.74, 6) is 0.431. The van der Waals surface area contributed by atoms with Crippen molar-refractivity contribution < 1.29 is 14.6 Å². The van der Waals surface area contributed by atoms with E-state index in [4.69, 9.17) is 4.74 Å². The molecule has 0 atom stereocenters. The first-order valence-electron chi connectivity index (χ1n) is 7.62. The molecule has 0 bridgehead atoms. The number of aliphatic hydroxyl groups is 1. The van der Waals surface area contributed by atoms with Gasteiger partial charge in [-0.3, -0.25) is 4.79 Å². The SMILES string of the molecule is Cc1ccc(CNC(=O)COc2ccc(C(C)(C)O)cc2)cc1. The molecule has 0 aromatic heterocycles. The third-order valence-electron chi connectivity index (χ3n) is 3.54. The second kappa shape index (κ2) is 7.29. The highest BCUT2D eigenvalue weighted by Gasteiger charge is 2.15. The first-order valence-corrected chi connectivity index (χ1v) is 7.62. The van der Waals surface area contributed by atoms with Gasteiger partial charge in [-0.15, -0.1) is 0 Å². The lowest BCUT2D eigenvalue weighted by Gasteiger charge is -2.17. The zero-order chi connectivity index (χ0) is 16.9. The highest BCUT2D eigenvalue weighted by Crippen LogP contribution is 2.22. The van der Waals surface area contributed by atoms with Gasteiger partial charge in [-0.1, -0.05) is 42.0 Å². The third-order valence-corrected chi connectivity index (χ3v) is 3.54. The lowest BCUT2D eigenvalue weighted by atomic mass is 9.99. The predicted octanol–water partition coefficient (Wildman–Crippen LogP) is 2.92. The van der Waals surface area contributed by atoms with Crippen LogP contribution in [0.25, 0.3) is 0 Å². The van der Waals surface area contributed by atoms with Crippen molar-refractivity contribution in [2.45, 2.75) is 32.9 Å². The van der Waals surface area contributed by atoms with Crippen molar-refractivity contribution in [2.75, 3.05) is 6.61 Å². The Labute approximate surface area is 137 Å². The van der Waals surface area contributed by atoms with Gasteiger partial charge >= 0.3 is 0 Å². The van der Waals surface area contributed by atoms with Gasteiger partial charge in [0.05, 0.1) is 5.60 Å². The van der Waals surface area contributed by atoms with Gasteiger partial charge < -0.3 is 15.2 Å². The standard InChI is InChI=1S/C19H23NO3/c1-14-4-6-15(7-5-14)12-20-18(21)13-23-17-10-8-16(9-11-17)19(2,3)22/h4-11,22H,12-13H2,1-3H3,(H,20,21). The molecule has 0 aliphatic rings. The Kier molecular flexibility index (Phi) is 5.40. The second-order valence-corrected chi connectivity index (χ2v) is 6.13. The van der Waals surface area contributed by atoms with E-state index in [1.165, 1.54) is 5.56 Å². The van der Waals surface area contributed by atoms with E-state index in [1.807, 2.05) is 31.2 Å². The monoisotopic (exact) mass is 313 g/mol. The highest BCUT2D eigenvalue weighted by molar-refractivity contribution is 5.77. The number of aryl methyl sites for hydroxylation is 1. The van der Waals surface area contributed by atoms with Crippen LogP contribution in [0.3, 0.4) is 0 Å². The van der Waals surface area contributed by atoms with E-state index >= 15 is 0 Å². The normalized spacial score (nSPS) is 11.1. The Morgan fingerprint density at radius 2 is 1.70 bits per heavy atom. The molecule has 0 saturated carbocycles. The van der Waals surface area contributed by atoms with E-state index in [0.29, 0.717) is 12.3 Å². The van der Waals surface area contributed by atoms with Crippen LogP contribution in [0.1, 0.15) is 30.5 Å². The first-order chi connectivity index (χ1) is 10.8. The van der Waals surface area contributed by atoms with Crippen LogP contribution in [0.15, 0.2) is 48.5 Å². The molecule has 4 nitrogen and oxygen atoms in total. The number of carbonyl (C=O) groups is 1. The molecule has 0 heterocycles. The predicted molar refractivity (Wildman–Crippen MR) is 90.2 cm³/mol. The average Bonchev–Trinajstić information content (AvgIpc) is 2.52. The molecule has 0 fully saturated rings. The van der Waals surface area contributed by atoms with Gasteiger partial charge in [0.25, 0.3) is 5.91 Å². The van der Waals surface area contributed by atoms with Crippen LogP contribution in [0, 0.1) is 6.92 Å². The molecule has 0 aliphatic heterocycles. The maximum Gasteiger partial charge on any atom is 0.258 e. The largest absolute Gasteiger partial charge is 0.484 e. The number of benzene rings is 2. The summed E-state index contributed by atoms with van der Waals surface area (Å²) in [6.07, 6.45) is 0. The molecule has 2 rings (SSSR count). The fourth-order valence-electron chi connectivity index (χ4n) is 2.07. The smallest absolute Gasteiger partial charge is 0.258 e. The molecule has 122 valence electrons. The Morgan fingerprint density at radius 3 is 2.26 bits per heavy atom. The lowest BCUT2D eigenvalue weighted by molar-refractivity contribution is -0.123. The van der Waals surface area contributed by atoms with Crippen LogP contribution in [0.5, 0.6) is 5.75 Å². The van der Waals surface area contributed by atoms with Gasteiger partial charge in [-0.05, 0) is 44.0 Å². The first kappa shape index (κ1) is 17.0. The minimum atomic E-state index is -0.885. The Bertz CT molecular complexity index is 640. The fourth-order valence-corrected chi connectivity index (χ4v) is 2.07. The summed E-state index contributed by atoms with van der Waals surface area (Å²) in [4.78, 5) is 11.8. The van der Waals surface area contributed by atoms with Gasteiger partial charge in [0, 0.05) is 6.54 Å². The Morgan fingerprint density at radius 1 is 1.09 bits per heavy atom. The van der Waals surface area contributed by atoms with E-state index in [0.717, 1.165) is 11.1 Å². The summed E-state index contributed by atoms with van der Waals surface area (Å²) in [7, 11) is 0. The summed E-state index contributed by atoms with van der Waals surface area (Å²) >= 11 is 0. The van der Waals surface area contributed by atoms with Gasteiger partial charge in [0.2, 0.25) is 0 Å². The van der Waals surface area contributed by atoms with Gasteiger partial charge in [-0.2, -0.15) is 0 Å². The minimum Gasteiger partial charge on any atom is -0.484 e. The van der Waals surface area contributed by atoms with Crippen LogP contribution in [0.2, 0.25) is 0 Å². The topological polar surface area (TPSA) is 58.6 Å². The molecule has 0 unspecified atom stereocenters. The van der Waals surface area contributed by atoms with Crippen LogP contribution < -0.4 is 10.1 Å². The lowest BCUT2D eigenvalue weighted by Crippen LogP contribution is -2.28. The number of amides is 1.